The lowest BCUT2D eigenvalue weighted by Gasteiger charge is -2.11. The highest BCUT2D eigenvalue weighted by Gasteiger charge is 2.10. The molecule has 0 fully saturated rings. The maximum absolute atomic E-state index is 12.9. The molecule has 0 unspecified atom stereocenters. The summed E-state index contributed by atoms with van der Waals surface area (Å²) in [6.07, 6.45) is 0. The average Bonchev–Trinajstić information content (AvgIpc) is 2.16. The predicted octanol–water partition coefficient (Wildman–Crippen LogP) is 1.30. The Morgan fingerprint density at radius 1 is 1.31 bits per heavy atom. The largest absolute Gasteiger partial charge is 0.493 e. The number of ether oxygens (including phenoxy) is 2. The summed E-state index contributed by atoms with van der Waals surface area (Å²) in [4.78, 5) is 0. The molecule has 0 atom stereocenters. The van der Waals surface area contributed by atoms with Crippen LogP contribution in [0.25, 0.3) is 0 Å². The normalized spacial score (nSPS) is 9.85. The summed E-state index contributed by atoms with van der Waals surface area (Å²) < 4.78 is 22.9. The Hall–Kier alpha value is -1.29. The van der Waals surface area contributed by atoms with E-state index < -0.39 is 0 Å². The molecule has 0 saturated heterocycles. The summed E-state index contributed by atoms with van der Waals surface area (Å²) in [6.45, 7) is 0.220. The first-order valence-electron chi connectivity index (χ1n) is 3.83. The van der Waals surface area contributed by atoms with Crippen molar-refractivity contribution < 1.29 is 13.9 Å². The molecule has 0 aromatic heterocycles. The highest BCUT2D eigenvalue weighted by atomic mass is 19.1. The van der Waals surface area contributed by atoms with E-state index in [9.17, 15) is 4.39 Å². The van der Waals surface area contributed by atoms with Gasteiger partial charge < -0.3 is 15.2 Å². The third kappa shape index (κ3) is 1.89. The Morgan fingerprint density at radius 2 is 2.00 bits per heavy atom. The molecule has 13 heavy (non-hydrogen) atoms. The van der Waals surface area contributed by atoms with Crippen LogP contribution in [-0.2, 0) is 6.54 Å². The van der Waals surface area contributed by atoms with Crippen molar-refractivity contribution in [2.24, 2.45) is 5.73 Å². The van der Waals surface area contributed by atoms with Crippen LogP contribution >= 0.6 is 0 Å². The van der Waals surface area contributed by atoms with Crippen molar-refractivity contribution >= 4 is 0 Å². The van der Waals surface area contributed by atoms with Gasteiger partial charge in [0.15, 0.2) is 11.5 Å². The summed E-state index contributed by atoms with van der Waals surface area (Å²) in [7, 11) is 2.95. The predicted molar refractivity (Wildman–Crippen MR) is 47.4 cm³/mol. The van der Waals surface area contributed by atoms with E-state index >= 15 is 0 Å². The van der Waals surface area contributed by atoms with Gasteiger partial charge in [-0.3, -0.25) is 0 Å². The first kappa shape index (κ1) is 9.80. The van der Waals surface area contributed by atoms with Crippen LogP contribution in [0.4, 0.5) is 4.39 Å². The number of halogens is 1. The van der Waals surface area contributed by atoms with Crippen LogP contribution in [0.1, 0.15) is 5.56 Å². The molecule has 0 heterocycles. The van der Waals surface area contributed by atoms with Crippen LogP contribution in [0.5, 0.6) is 11.5 Å². The van der Waals surface area contributed by atoms with Gasteiger partial charge in [-0.15, -0.1) is 0 Å². The van der Waals surface area contributed by atoms with Crippen molar-refractivity contribution in [1.29, 1.82) is 0 Å². The smallest absolute Gasteiger partial charge is 0.165 e. The molecule has 0 aliphatic heterocycles. The summed E-state index contributed by atoms with van der Waals surface area (Å²) >= 11 is 0. The van der Waals surface area contributed by atoms with Crippen molar-refractivity contribution in [3.8, 4) is 11.5 Å². The molecule has 4 heteroatoms. The fourth-order valence-electron chi connectivity index (χ4n) is 1.16. The molecule has 72 valence electrons. The Balaban J connectivity index is 3.25. The topological polar surface area (TPSA) is 44.5 Å². The molecule has 1 aromatic rings. The number of methoxy groups -OCH3 is 2. The molecule has 0 bridgehead atoms. The van der Waals surface area contributed by atoms with Gasteiger partial charge in [0.2, 0.25) is 0 Å². The number of hydrogen-bond donors (Lipinski definition) is 1. The zero-order valence-electron chi connectivity index (χ0n) is 7.63. The fourth-order valence-corrected chi connectivity index (χ4v) is 1.16. The van der Waals surface area contributed by atoms with Gasteiger partial charge in [0, 0.05) is 18.2 Å². The molecule has 0 radical (unpaired) electrons. The van der Waals surface area contributed by atoms with Gasteiger partial charge in [0.1, 0.15) is 5.82 Å². The Kier molecular flexibility index (Phi) is 3.08. The summed E-state index contributed by atoms with van der Waals surface area (Å²) in [5.41, 5.74) is 6.01. The van der Waals surface area contributed by atoms with Gasteiger partial charge in [0.25, 0.3) is 0 Å². The molecule has 2 N–H and O–H groups in total. The number of nitrogens with two attached hydrogens (primary N) is 1. The minimum Gasteiger partial charge on any atom is -0.493 e. The molecule has 1 rings (SSSR count). The molecule has 0 aliphatic carbocycles. The minimum atomic E-state index is -0.377. The van der Waals surface area contributed by atoms with Crippen LogP contribution in [0.3, 0.4) is 0 Å². The monoisotopic (exact) mass is 185 g/mol. The number of benzene rings is 1. The van der Waals surface area contributed by atoms with E-state index in [-0.39, 0.29) is 12.4 Å². The van der Waals surface area contributed by atoms with Gasteiger partial charge in [-0.1, -0.05) is 0 Å². The summed E-state index contributed by atoms with van der Waals surface area (Å²) in [5.74, 6) is 0.479. The summed E-state index contributed by atoms with van der Waals surface area (Å²) in [6, 6.07) is 2.60. The summed E-state index contributed by atoms with van der Waals surface area (Å²) in [5, 5.41) is 0. The van der Waals surface area contributed by atoms with Crippen molar-refractivity contribution in [3.63, 3.8) is 0 Å². The van der Waals surface area contributed by atoms with Crippen LogP contribution in [-0.4, -0.2) is 14.2 Å². The third-order valence-electron chi connectivity index (χ3n) is 1.74. The van der Waals surface area contributed by atoms with E-state index in [1.54, 1.807) is 0 Å². The lowest BCUT2D eigenvalue weighted by Crippen LogP contribution is -2.02. The van der Waals surface area contributed by atoms with E-state index in [2.05, 4.69) is 0 Å². The first-order chi connectivity index (χ1) is 6.22. The lowest BCUT2D eigenvalue weighted by atomic mass is 10.2. The van der Waals surface area contributed by atoms with E-state index in [0.29, 0.717) is 17.1 Å². The number of hydrogen-bond acceptors (Lipinski definition) is 3. The van der Waals surface area contributed by atoms with Crippen LogP contribution in [0.15, 0.2) is 12.1 Å². The minimum absolute atomic E-state index is 0.220. The van der Waals surface area contributed by atoms with Crippen molar-refractivity contribution in [2.45, 2.75) is 6.54 Å². The molecular formula is C9H12FNO2. The van der Waals surface area contributed by atoms with Gasteiger partial charge in [-0.2, -0.15) is 0 Å². The molecular weight excluding hydrogens is 173 g/mol. The zero-order chi connectivity index (χ0) is 9.84. The van der Waals surface area contributed by atoms with Crippen molar-refractivity contribution in [3.05, 3.63) is 23.5 Å². The maximum atomic E-state index is 12.9. The van der Waals surface area contributed by atoms with Crippen LogP contribution < -0.4 is 15.2 Å². The van der Waals surface area contributed by atoms with Crippen LogP contribution in [0, 0.1) is 5.82 Å². The Bertz CT molecular complexity index is 277. The van der Waals surface area contributed by atoms with E-state index in [4.69, 9.17) is 15.2 Å². The Labute approximate surface area is 76.3 Å². The molecule has 3 nitrogen and oxygen atoms in total. The van der Waals surface area contributed by atoms with Gasteiger partial charge in [0.05, 0.1) is 14.2 Å². The van der Waals surface area contributed by atoms with Crippen LogP contribution in [0.2, 0.25) is 0 Å². The standard InChI is InChI=1S/C9H12FNO2/c1-12-8-4-7(10)3-6(5-11)9(8)13-2/h3-4H,5,11H2,1-2H3. The van der Waals surface area contributed by atoms with Gasteiger partial charge >= 0.3 is 0 Å². The van der Waals surface area contributed by atoms with E-state index in [1.807, 2.05) is 0 Å². The zero-order valence-corrected chi connectivity index (χ0v) is 7.63. The maximum Gasteiger partial charge on any atom is 0.165 e. The molecule has 0 spiro atoms. The average molecular weight is 185 g/mol. The Morgan fingerprint density at radius 3 is 2.46 bits per heavy atom. The highest BCUT2D eigenvalue weighted by molar-refractivity contribution is 5.46. The quantitative estimate of drug-likeness (QED) is 0.772. The van der Waals surface area contributed by atoms with Crippen molar-refractivity contribution in [2.75, 3.05) is 14.2 Å². The number of rotatable bonds is 3. The molecule has 0 amide bonds. The SMILES string of the molecule is COc1cc(F)cc(CN)c1OC. The van der Waals surface area contributed by atoms with E-state index in [0.717, 1.165) is 0 Å². The van der Waals surface area contributed by atoms with E-state index in [1.165, 1.54) is 26.4 Å². The fraction of sp³-hybridized carbons (Fsp3) is 0.333. The van der Waals surface area contributed by atoms with Gasteiger partial charge in [-0.05, 0) is 6.07 Å². The first-order valence-corrected chi connectivity index (χ1v) is 3.83. The molecule has 1 aromatic carbocycles. The van der Waals surface area contributed by atoms with Crippen molar-refractivity contribution in [1.82, 2.24) is 0 Å². The second-order valence-corrected chi connectivity index (χ2v) is 2.50. The van der Waals surface area contributed by atoms with Gasteiger partial charge in [-0.25, -0.2) is 4.39 Å². The lowest BCUT2D eigenvalue weighted by molar-refractivity contribution is 0.349. The molecule has 0 saturated carbocycles. The second kappa shape index (κ2) is 4.09. The second-order valence-electron chi connectivity index (χ2n) is 2.50. The highest BCUT2D eigenvalue weighted by Crippen LogP contribution is 2.31. The third-order valence-corrected chi connectivity index (χ3v) is 1.74. The molecule has 0 aliphatic rings.